The van der Waals surface area contributed by atoms with Gasteiger partial charge in [-0.15, -0.1) is 10.2 Å². The van der Waals surface area contributed by atoms with E-state index in [-0.39, 0.29) is 0 Å². The van der Waals surface area contributed by atoms with Gasteiger partial charge in [0.05, 0.1) is 11.6 Å². The van der Waals surface area contributed by atoms with E-state index in [9.17, 15) is 0 Å². The molecule has 0 N–H and O–H groups in total. The molecule has 0 fully saturated rings. The Bertz CT molecular complexity index is 461. The largest absolute Gasteiger partial charge is 0.238 e. The Balaban J connectivity index is 0.000000221. The zero-order valence-corrected chi connectivity index (χ0v) is 9.13. The van der Waals surface area contributed by atoms with E-state index >= 15 is 0 Å². The average molecular weight is 245 g/mol. The molecule has 7 heteroatoms. The summed E-state index contributed by atoms with van der Waals surface area (Å²) in [5.74, 6) is 0. The molecule has 6 nitrogen and oxygen atoms in total. The van der Waals surface area contributed by atoms with Gasteiger partial charge in [-0.3, -0.25) is 0 Å². The molecule has 0 spiro atoms. The van der Waals surface area contributed by atoms with Gasteiger partial charge in [-0.25, -0.2) is 18.6 Å². The van der Waals surface area contributed by atoms with E-state index in [1.54, 1.807) is 0 Å². The lowest BCUT2D eigenvalue weighted by Gasteiger charge is -2.17. The van der Waals surface area contributed by atoms with Crippen LogP contribution in [-0.4, -0.2) is 5.10 Å². The van der Waals surface area contributed by atoms with Crippen molar-refractivity contribution in [2.45, 2.75) is 0 Å². The van der Waals surface area contributed by atoms with Gasteiger partial charge < -0.3 is 0 Å². The van der Waals surface area contributed by atoms with Gasteiger partial charge in [0.2, 0.25) is 5.52 Å². The number of hydrogen-bond donors (Lipinski definition) is 0. The predicted molar refractivity (Wildman–Crippen MR) is 42.9 cm³/mol. The molecule has 0 amide bonds. The van der Waals surface area contributed by atoms with Gasteiger partial charge in [0.15, 0.2) is 7.05 Å². The summed E-state index contributed by atoms with van der Waals surface area (Å²) in [5, 5.41) is 5.35. The maximum Gasteiger partial charge on any atom is 0.238 e. The number of fused-ring (bicyclic) bond motifs is 1. The smallest absolute Gasteiger partial charge is 0.222 e. The molecule has 0 saturated carbocycles. The van der Waals surface area contributed by atoms with Gasteiger partial charge in [0.25, 0.3) is 0 Å². The molecular weight excluding hydrogens is 236 g/mol. The molecule has 1 aromatic carbocycles. The van der Waals surface area contributed by atoms with Gasteiger partial charge in [-0.1, -0.05) is 16.8 Å². The summed E-state index contributed by atoms with van der Waals surface area (Å²) in [6, 6.07) is 10.2. The van der Waals surface area contributed by atoms with Crippen LogP contribution in [0.1, 0.15) is 0 Å². The van der Waals surface area contributed by atoms with Gasteiger partial charge >= 0.3 is 0 Å². The van der Waals surface area contributed by atoms with E-state index in [1.807, 2.05) is 36.1 Å². The van der Waals surface area contributed by atoms with E-state index in [1.165, 1.54) is 5.39 Å². The maximum absolute atomic E-state index is 8.49. The second-order valence-electron chi connectivity index (χ2n) is 2.89. The van der Waals surface area contributed by atoms with Gasteiger partial charge in [-0.2, -0.15) is 0 Å². The Kier molecular flexibility index (Phi) is 4.11. The number of aromatic nitrogens is 2. The van der Waals surface area contributed by atoms with Crippen molar-refractivity contribution in [1.82, 2.24) is 5.10 Å². The van der Waals surface area contributed by atoms with Crippen LogP contribution in [0.3, 0.4) is 0 Å². The van der Waals surface area contributed by atoms with Crippen molar-refractivity contribution in [1.29, 1.82) is 0 Å². The third-order valence-corrected chi connectivity index (χ3v) is 1.78. The van der Waals surface area contributed by atoms with Crippen molar-refractivity contribution in [3.8, 4) is 0 Å². The van der Waals surface area contributed by atoms with Crippen LogP contribution in [0.2, 0.25) is 0 Å². The first-order valence-corrected chi connectivity index (χ1v) is 5.43. The Morgan fingerprint density at radius 3 is 2.19 bits per heavy atom. The Labute approximate surface area is 93.7 Å². The fourth-order valence-electron chi connectivity index (χ4n) is 1.20. The summed E-state index contributed by atoms with van der Waals surface area (Å²) in [4.78, 5) is 0. The average Bonchev–Trinajstić information content (AvgIpc) is 2.16. The van der Waals surface area contributed by atoms with E-state index in [0.717, 1.165) is 5.52 Å². The monoisotopic (exact) mass is 244 g/mol. The molecule has 0 aliphatic heterocycles. The SMILES string of the molecule is C[n+]1nccc2ccccc21.[O-][Cl+3]([O-])([O-])[O-]. The highest BCUT2D eigenvalue weighted by molar-refractivity contribution is 5.74. The summed E-state index contributed by atoms with van der Waals surface area (Å²) >= 11 is 0. The van der Waals surface area contributed by atoms with Crippen molar-refractivity contribution in [3.63, 3.8) is 0 Å². The first-order valence-electron chi connectivity index (χ1n) is 4.20. The fourth-order valence-corrected chi connectivity index (χ4v) is 1.20. The van der Waals surface area contributed by atoms with Crippen LogP contribution in [0, 0.1) is 10.2 Å². The van der Waals surface area contributed by atoms with Crippen molar-refractivity contribution in [2.75, 3.05) is 0 Å². The number of halogens is 1. The third kappa shape index (κ3) is 4.47. The molecule has 1 aromatic heterocycles. The molecule has 0 unspecified atom stereocenters. The van der Waals surface area contributed by atoms with Crippen LogP contribution < -0.4 is 23.3 Å². The Morgan fingerprint density at radius 2 is 1.62 bits per heavy atom. The number of para-hydroxylation sites is 1. The van der Waals surface area contributed by atoms with Crippen LogP contribution in [-0.2, 0) is 7.05 Å². The standard InChI is InChI=1S/C9H9N2.ClHO4/c1-11-9-5-3-2-4-8(9)6-7-10-11;2-1(3,4)5/h2-7H,1H3;(H,2,3,4,5)/q+1;/p-1. The molecule has 2 aromatic rings. The van der Waals surface area contributed by atoms with Gasteiger partial charge in [-0.05, 0) is 17.2 Å². The molecule has 2 rings (SSSR count). The number of rotatable bonds is 0. The number of hydrogen-bond acceptors (Lipinski definition) is 5. The number of nitrogens with zero attached hydrogens (tertiary/aromatic N) is 2. The highest BCUT2D eigenvalue weighted by Crippen LogP contribution is 2.05. The summed E-state index contributed by atoms with van der Waals surface area (Å²) in [6.45, 7) is 0. The second-order valence-corrected chi connectivity index (χ2v) is 3.65. The van der Waals surface area contributed by atoms with Crippen molar-refractivity contribution in [3.05, 3.63) is 36.5 Å². The molecule has 1 heterocycles. The first kappa shape index (κ1) is 12.8. The Morgan fingerprint density at radius 1 is 1.06 bits per heavy atom. The molecule has 0 saturated heterocycles. The van der Waals surface area contributed by atoms with E-state index in [0.29, 0.717) is 0 Å². The Hall–Kier alpha value is -1.31. The van der Waals surface area contributed by atoms with Crippen molar-refractivity contribution >= 4 is 10.9 Å². The molecule has 0 aliphatic rings. The summed E-state index contributed by atoms with van der Waals surface area (Å²) in [6.07, 6.45) is 1.81. The normalized spacial score (nSPS) is 10.8. The topological polar surface area (TPSA) is 109 Å². The first-order chi connectivity index (χ1) is 7.38. The van der Waals surface area contributed by atoms with E-state index in [4.69, 9.17) is 18.6 Å². The van der Waals surface area contributed by atoms with Crippen LogP contribution >= 0.6 is 0 Å². The quantitative estimate of drug-likeness (QED) is 0.443. The minimum atomic E-state index is -4.94. The van der Waals surface area contributed by atoms with Crippen LogP contribution in [0.15, 0.2) is 36.5 Å². The highest BCUT2D eigenvalue weighted by Gasteiger charge is 2.01. The minimum absolute atomic E-state index is 1.16. The lowest BCUT2D eigenvalue weighted by atomic mass is 10.2. The maximum atomic E-state index is 8.49. The number of aryl methyl sites for hydroxylation is 1. The van der Waals surface area contributed by atoms with Crippen LogP contribution in [0.5, 0.6) is 0 Å². The van der Waals surface area contributed by atoms with Crippen LogP contribution in [0.25, 0.3) is 10.9 Å². The number of benzene rings is 1. The van der Waals surface area contributed by atoms with Gasteiger partial charge in [0.1, 0.15) is 0 Å². The van der Waals surface area contributed by atoms with E-state index in [2.05, 4.69) is 17.2 Å². The molecule has 0 atom stereocenters. The van der Waals surface area contributed by atoms with Crippen LogP contribution in [0.4, 0.5) is 0 Å². The molecule has 0 aliphatic carbocycles. The molecule has 86 valence electrons. The molecule has 0 bridgehead atoms. The third-order valence-electron chi connectivity index (χ3n) is 1.78. The summed E-state index contributed by atoms with van der Waals surface area (Å²) in [5.41, 5.74) is 1.16. The van der Waals surface area contributed by atoms with Crippen molar-refractivity contribution < 1.29 is 33.6 Å². The lowest BCUT2D eigenvalue weighted by Crippen LogP contribution is -2.68. The predicted octanol–water partition coefficient (Wildman–Crippen LogP) is -3.70. The molecule has 0 radical (unpaired) electrons. The minimum Gasteiger partial charge on any atom is -0.222 e. The van der Waals surface area contributed by atoms with E-state index < -0.39 is 10.2 Å². The molecule has 16 heavy (non-hydrogen) atoms. The van der Waals surface area contributed by atoms with Crippen molar-refractivity contribution in [2.24, 2.45) is 7.05 Å². The zero-order chi connectivity index (χ0) is 12.2. The summed E-state index contributed by atoms with van der Waals surface area (Å²) in [7, 11) is -3.00. The fraction of sp³-hybridized carbons (Fsp3) is 0.111. The summed E-state index contributed by atoms with van der Waals surface area (Å²) < 4.78 is 35.8. The molecular formula is C9H9ClN2O4. The second kappa shape index (κ2) is 5.15. The highest BCUT2D eigenvalue weighted by atomic mass is 35.7. The zero-order valence-electron chi connectivity index (χ0n) is 8.37. The lowest BCUT2D eigenvalue weighted by molar-refractivity contribution is -2.00. The van der Waals surface area contributed by atoms with Gasteiger partial charge in [0, 0.05) is 6.07 Å².